The van der Waals surface area contributed by atoms with Crippen molar-refractivity contribution in [2.45, 2.75) is 26.3 Å². The third-order valence-electron chi connectivity index (χ3n) is 5.20. The largest absolute Gasteiger partial charge is 0.483 e. The molecule has 1 atom stereocenters. The SMILES string of the molecule is C/C=C(Cc1cccc2ccccc12)\C(=C1\SCC(C)N1C=O)c1cccs1.O=CO. The molecule has 2 aromatic carbocycles. The summed E-state index contributed by atoms with van der Waals surface area (Å²) in [5.41, 5.74) is 3.78. The third kappa shape index (κ3) is 5.09. The fourth-order valence-electron chi connectivity index (χ4n) is 3.72. The highest BCUT2D eigenvalue weighted by Gasteiger charge is 2.29. The molecule has 0 spiro atoms. The Bertz CT molecular complexity index is 1100. The van der Waals surface area contributed by atoms with E-state index in [1.807, 2.05) is 4.90 Å². The molecule has 1 aliphatic rings. The first-order valence-corrected chi connectivity index (χ1v) is 11.9. The molecule has 160 valence electrons. The second-order valence-corrected chi connectivity index (χ2v) is 9.02. The van der Waals surface area contributed by atoms with E-state index in [1.54, 1.807) is 23.1 Å². The highest BCUT2D eigenvalue weighted by Crippen LogP contribution is 2.42. The van der Waals surface area contributed by atoms with Gasteiger partial charge in [-0.3, -0.25) is 9.59 Å². The molecule has 1 N–H and O–H groups in total. The van der Waals surface area contributed by atoms with Crippen molar-refractivity contribution in [1.82, 2.24) is 4.90 Å². The predicted octanol–water partition coefficient (Wildman–Crippen LogP) is 6.05. The Morgan fingerprint density at radius 3 is 2.55 bits per heavy atom. The number of thiophene rings is 1. The molecule has 31 heavy (non-hydrogen) atoms. The minimum absolute atomic E-state index is 0.225. The zero-order valence-corrected chi connectivity index (χ0v) is 19.2. The maximum Gasteiger partial charge on any atom is 0.290 e. The number of nitrogens with zero attached hydrogens (tertiary/aromatic N) is 1. The lowest BCUT2D eigenvalue weighted by atomic mass is 9.93. The van der Waals surface area contributed by atoms with E-state index in [1.165, 1.54) is 32.4 Å². The van der Waals surface area contributed by atoms with Gasteiger partial charge < -0.3 is 10.0 Å². The molecule has 1 saturated heterocycles. The van der Waals surface area contributed by atoms with Crippen LogP contribution in [0, 0.1) is 0 Å². The highest BCUT2D eigenvalue weighted by atomic mass is 32.2. The van der Waals surface area contributed by atoms with Crippen LogP contribution >= 0.6 is 23.1 Å². The van der Waals surface area contributed by atoms with E-state index in [-0.39, 0.29) is 12.5 Å². The molecular formula is C25H25NO3S2. The van der Waals surface area contributed by atoms with E-state index in [2.05, 4.69) is 79.9 Å². The quantitative estimate of drug-likeness (QED) is 0.480. The van der Waals surface area contributed by atoms with E-state index in [4.69, 9.17) is 9.90 Å². The average Bonchev–Trinajstić information content (AvgIpc) is 3.44. The van der Waals surface area contributed by atoms with E-state index >= 15 is 0 Å². The van der Waals surface area contributed by atoms with Crippen molar-refractivity contribution in [2.24, 2.45) is 0 Å². The number of carbonyl (C=O) groups excluding carboxylic acids is 1. The van der Waals surface area contributed by atoms with Gasteiger partial charge in [0.15, 0.2) is 0 Å². The molecule has 1 amide bonds. The first-order valence-electron chi connectivity index (χ1n) is 9.99. The van der Waals surface area contributed by atoms with Crippen molar-refractivity contribution in [1.29, 1.82) is 0 Å². The van der Waals surface area contributed by atoms with Crippen LogP contribution in [0.15, 0.2) is 76.7 Å². The lowest BCUT2D eigenvalue weighted by Crippen LogP contribution is -2.26. The van der Waals surface area contributed by atoms with Gasteiger partial charge in [-0.25, -0.2) is 0 Å². The number of carbonyl (C=O) groups is 2. The Hall–Kier alpha value is -2.83. The van der Waals surface area contributed by atoms with Gasteiger partial charge in [-0.2, -0.15) is 0 Å². The van der Waals surface area contributed by atoms with Crippen molar-refractivity contribution in [3.63, 3.8) is 0 Å². The Balaban J connectivity index is 0.000000858. The second-order valence-electron chi connectivity index (χ2n) is 7.06. The summed E-state index contributed by atoms with van der Waals surface area (Å²) in [5, 5.41) is 12.6. The zero-order valence-electron chi connectivity index (χ0n) is 17.5. The van der Waals surface area contributed by atoms with Crippen molar-refractivity contribution in [3.8, 4) is 0 Å². The van der Waals surface area contributed by atoms with Crippen molar-refractivity contribution in [2.75, 3.05) is 5.75 Å². The number of hydrogen-bond acceptors (Lipinski definition) is 4. The summed E-state index contributed by atoms with van der Waals surface area (Å²) in [6, 6.07) is 19.5. The van der Waals surface area contributed by atoms with E-state index < -0.39 is 0 Å². The molecule has 0 radical (unpaired) electrons. The van der Waals surface area contributed by atoms with Gasteiger partial charge in [-0.15, -0.1) is 23.1 Å². The summed E-state index contributed by atoms with van der Waals surface area (Å²) in [6.45, 7) is 3.96. The first-order chi connectivity index (χ1) is 15.1. The van der Waals surface area contributed by atoms with Gasteiger partial charge in [0.05, 0.1) is 5.03 Å². The number of carboxylic acid groups (broad SMARTS) is 1. The van der Waals surface area contributed by atoms with Crippen LogP contribution in [0.2, 0.25) is 0 Å². The van der Waals surface area contributed by atoms with Crippen LogP contribution in [-0.4, -0.2) is 34.7 Å². The fraction of sp³-hybridized carbons (Fsp3) is 0.200. The van der Waals surface area contributed by atoms with Crippen LogP contribution < -0.4 is 0 Å². The highest BCUT2D eigenvalue weighted by molar-refractivity contribution is 8.03. The van der Waals surface area contributed by atoms with E-state index in [0.717, 1.165) is 23.6 Å². The lowest BCUT2D eigenvalue weighted by molar-refractivity contribution is -0.123. The summed E-state index contributed by atoms with van der Waals surface area (Å²) < 4.78 is 0. The van der Waals surface area contributed by atoms with E-state index in [9.17, 15) is 4.79 Å². The second kappa shape index (κ2) is 11.0. The molecule has 0 aliphatic carbocycles. The fourth-order valence-corrected chi connectivity index (χ4v) is 5.90. The van der Waals surface area contributed by atoms with Gasteiger partial charge in [0.25, 0.3) is 6.47 Å². The molecule has 2 heterocycles. The van der Waals surface area contributed by atoms with Gasteiger partial charge >= 0.3 is 0 Å². The van der Waals surface area contributed by atoms with Crippen molar-refractivity contribution >= 4 is 52.3 Å². The number of fused-ring (bicyclic) bond motifs is 1. The number of rotatable bonds is 5. The molecule has 1 unspecified atom stereocenters. The van der Waals surface area contributed by atoms with Crippen LogP contribution in [0.3, 0.4) is 0 Å². The topological polar surface area (TPSA) is 57.6 Å². The van der Waals surface area contributed by atoms with Crippen LogP contribution in [0.4, 0.5) is 0 Å². The van der Waals surface area contributed by atoms with Gasteiger partial charge in [-0.05, 0) is 53.6 Å². The van der Waals surface area contributed by atoms with Crippen molar-refractivity contribution in [3.05, 3.63) is 87.1 Å². The van der Waals surface area contributed by atoms with Crippen LogP contribution in [0.1, 0.15) is 24.3 Å². The minimum atomic E-state index is -0.250. The van der Waals surface area contributed by atoms with Crippen molar-refractivity contribution < 1.29 is 14.7 Å². The molecular weight excluding hydrogens is 426 g/mol. The van der Waals surface area contributed by atoms with Gasteiger partial charge in [0.2, 0.25) is 6.41 Å². The molecule has 1 aliphatic heterocycles. The monoisotopic (exact) mass is 451 g/mol. The minimum Gasteiger partial charge on any atom is -0.483 e. The van der Waals surface area contributed by atoms with E-state index in [0.29, 0.717) is 0 Å². The Morgan fingerprint density at radius 2 is 1.87 bits per heavy atom. The molecule has 0 bridgehead atoms. The number of allylic oxidation sites excluding steroid dienone is 3. The first kappa shape index (κ1) is 22.8. The number of benzene rings is 2. The summed E-state index contributed by atoms with van der Waals surface area (Å²) in [6.07, 6.45) is 4.03. The zero-order chi connectivity index (χ0) is 22.2. The molecule has 0 saturated carbocycles. The molecule has 4 rings (SSSR count). The normalized spacial score (nSPS) is 17.8. The van der Waals surface area contributed by atoms with Gasteiger partial charge in [-0.1, -0.05) is 54.6 Å². The Labute approximate surface area is 190 Å². The van der Waals surface area contributed by atoms with Crippen LogP contribution in [-0.2, 0) is 16.0 Å². The van der Waals surface area contributed by atoms with Crippen LogP contribution in [0.25, 0.3) is 16.3 Å². The summed E-state index contributed by atoms with van der Waals surface area (Å²) in [4.78, 5) is 23.3. The average molecular weight is 452 g/mol. The molecule has 6 heteroatoms. The molecule has 1 fully saturated rings. The summed E-state index contributed by atoms with van der Waals surface area (Å²) in [5.74, 6) is 0.939. The Morgan fingerprint density at radius 1 is 1.13 bits per heavy atom. The summed E-state index contributed by atoms with van der Waals surface area (Å²) in [7, 11) is 0. The number of thioether (sulfide) groups is 1. The van der Waals surface area contributed by atoms with Crippen LogP contribution in [0.5, 0.6) is 0 Å². The number of amides is 1. The third-order valence-corrected chi connectivity index (χ3v) is 7.42. The molecule has 3 aromatic rings. The molecule has 1 aromatic heterocycles. The van der Waals surface area contributed by atoms with Gasteiger partial charge in [0.1, 0.15) is 0 Å². The standard InChI is InChI=1S/C24H23NOS2.CH2O2/c1-3-18(14-20-10-6-9-19-8-4-5-11-21(19)20)23(22-12-7-13-27-22)24-25(16-26)17(2)15-28-24;2-1-3/h3-13,16-17H,14-15H2,1-2H3;1H,(H,2,3)/b18-3-,24-23-;. The number of hydrogen-bond donors (Lipinski definition) is 1. The molecule has 4 nitrogen and oxygen atoms in total. The summed E-state index contributed by atoms with van der Waals surface area (Å²) >= 11 is 3.52. The maximum atomic E-state index is 11.8. The van der Waals surface area contributed by atoms with Gasteiger partial charge in [0, 0.05) is 22.2 Å². The smallest absolute Gasteiger partial charge is 0.290 e. The lowest BCUT2D eigenvalue weighted by Gasteiger charge is -2.21. The predicted molar refractivity (Wildman–Crippen MR) is 131 cm³/mol. The maximum absolute atomic E-state index is 11.8. The Kier molecular flexibility index (Phi) is 8.09.